The monoisotopic (exact) mass is 430 g/mol. The third-order valence-corrected chi connectivity index (χ3v) is 6.72. The van der Waals surface area contributed by atoms with Crippen molar-refractivity contribution in [3.8, 4) is 10.4 Å². The quantitative estimate of drug-likeness (QED) is 0.435. The molecule has 1 atom stereocenters. The van der Waals surface area contributed by atoms with E-state index < -0.39 is 0 Å². The van der Waals surface area contributed by atoms with Crippen molar-refractivity contribution < 1.29 is 0 Å². The fraction of sp³-hybridized carbons (Fsp3) is 0.292. The van der Waals surface area contributed by atoms with Crippen molar-refractivity contribution in [2.45, 2.75) is 32.2 Å². The summed E-state index contributed by atoms with van der Waals surface area (Å²) in [6, 6.07) is 12.9. The number of nitrogens with two attached hydrogens (primary N) is 1. The van der Waals surface area contributed by atoms with Gasteiger partial charge in [-0.3, -0.25) is 0 Å². The van der Waals surface area contributed by atoms with Crippen molar-refractivity contribution in [1.29, 1.82) is 0 Å². The summed E-state index contributed by atoms with van der Waals surface area (Å²) in [5.41, 5.74) is 8.13. The molecule has 0 bridgehead atoms. The Kier molecular flexibility index (Phi) is 5.42. The average molecular weight is 431 g/mol. The molecule has 1 aliphatic rings. The van der Waals surface area contributed by atoms with Crippen LogP contribution in [0, 0.1) is 0 Å². The van der Waals surface area contributed by atoms with Gasteiger partial charge in [-0.25, -0.2) is 15.0 Å². The second-order valence-corrected chi connectivity index (χ2v) is 9.12. The molecule has 5 rings (SSSR count). The van der Waals surface area contributed by atoms with Gasteiger partial charge in [-0.05, 0) is 67.0 Å². The van der Waals surface area contributed by atoms with Gasteiger partial charge < -0.3 is 16.0 Å². The number of anilines is 3. The molecule has 31 heavy (non-hydrogen) atoms. The number of piperidine rings is 1. The number of rotatable bonds is 5. The van der Waals surface area contributed by atoms with Gasteiger partial charge in [-0.1, -0.05) is 23.5 Å². The normalized spacial score (nSPS) is 15.2. The van der Waals surface area contributed by atoms with Crippen LogP contribution in [0.4, 0.5) is 16.8 Å². The van der Waals surface area contributed by atoms with Crippen LogP contribution >= 0.6 is 11.3 Å². The molecule has 4 heterocycles. The van der Waals surface area contributed by atoms with Crippen LogP contribution in [0.25, 0.3) is 21.2 Å². The van der Waals surface area contributed by atoms with Gasteiger partial charge in [0, 0.05) is 37.1 Å². The van der Waals surface area contributed by atoms with Crippen LogP contribution in [0.3, 0.4) is 0 Å². The zero-order valence-corrected chi connectivity index (χ0v) is 18.4. The van der Waals surface area contributed by atoms with Gasteiger partial charge in [0.05, 0.1) is 10.9 Å². The zero-order valence-electron chi connectivity index (χ0n) is 17.6. The van der Waals surface area contributed by atoms with Crippen LogP contribution in [0.15, 0.2) is 55.0 Å². The topological polar surface area (TPSA) is 80.0 Å². The van der Waals surface area contributed by atoms with Crippen LogP contribution in [0.2, 0.25) is 0 Å². The maximum absolute atomic E-state index is 5.80. The molecule has 1 unspecified atom stereocenters. The van der Waals surface area contributed by atoms with Gasteiger partial charge in [-0.2, -0.15) is 0 Å². The number of aromatic nitrogens is 3. The molecular weight excluding hydrogens is 404 g/mol. The summed E-state index contributed by atoms with van der Waals surface area (Å²) in [6.45, 7) is 4.36. The molecule has 0 aliphatic carbocycles. The Hall–Kier alpha value is -3.19. The maximum Gasteiger partial charge on any atom is 0.180 e. The molecule has 1 saturated heterocycles. The highest BCUT2D eigenvalue weighted by Gasteiger charge is 2.14. The second-order valence-electron chi connectivity index (χ2n) is 8.06. The number of fused-ring (bicyclic) bond motifs is 1. The largest absolute Gasteiger partial charge is 0.375 e. The number of hydrogen-bond donors (Lipinski definition) is 2. The van der Waals surface area contributed by atoms with Crippen LogP contribution in [-0.4, -0.2) is 28.0 Å². The molecule has 0 radical (unpaired) electrons. The number of thiazole rings is 1. The van der Waals surface area contributed by atoms with Crippen molar-refractivity contribution in [3.63, 3.8) is 0 Å². The lowest BCUT2D eigenvalue weighted by Gasteiger charge is -2.28. The molecule has 7 heteroatoms. The van der Waals surface area contributed by atoms with Gasteiger partial charge in [-0.15, -0.1) is 0 Å². The highest BCUT2D eigenvalue weighted by molar-refractivity contribution is 7.18. The first-order valence-corrected chi connectivity index (χ1v) is 11.6. The first kappa shape index (κ1) is 19.8. The van der Waals surface area contributed by atoms with E-state index >= 15 is 0 Å². The van der Waals surface area contributed by atoms with Gasteiger partial charge >= 0.3 is 0 Å². The minimum Gasteiger partial charge on any atom is -0.375 e. The van der Waals surface area contributed by atoms with Crippen molar-refractivity contribution >= 4 is 38.9 Å². The zero-order chi connectivity index (χ0) is 21.2. The number of nitrogen functional groups attached to an aromatic ring is 1. The molecule has 3 aromatic heterocycles. The van der Waals surface area contributed by atoms with E-state index in [0.29, 0.717) is 5.13 Å². The summed E-state index contributed by atoms with van der Waals surface area (Å²) in [7, 11) is 0. The summed E-state index contributed by atoms with van der Waals surface area (Å²) in [5, 5.41) is 6.39. The lowest BCUT2D eigenvalue weighted by Crippen LogP contribution is -2.30. The SMILES string of the molecule is CC(Nc1cc2cc(-c3cnc(N)s3)ccc2cn1)c1ccnc(N2CCCCC2)c1. The van der Waals surface area contributed by atoms with Crippen molar-refractivity contribution in [1.82, 2.24) is 15.0 Å². The molecular formula is C24H26N6S. The Balaban J connectivity index is 1.37. The third kappa shape index (κ3) is 4.32. The smallest absolute Gasteiger partial charge is 0.180 e. The fourth-order valence-corrected chi connectivity index (χ4v) is 4.78. The highest BCUT2D eigenvalue weighted by atomic mass is 32.1. The number of nitrogens with zero attached hydrogens (tertiary/aromatic N) is 4. The van der Waals surface area contributed by atoms with E-state index in [0.717, 1.165) is 45.9 Å². The first-order chi connectivity index (χ1) is 15.2. The van der Waals surface area contributed by atoms with Crippen molar-refractivity contribution in [2.75, 3.05) is 29.0 Å². The Morgan fingerprint density at radius 3 is 2.65 bits per heavy atom. The molecule has 0 amide bonds. The molecule has 1 aliphatic heterocycles. The Labute approximate surface area is 186 Å². The lowest BCUT2D eigenvalue weighted by molar-refractivity contribution is 0.573. The second kappa shape index (κ2) is 8.51. The predicted octanol–water partition coefficient (Wildman–Crippen LogP) is 5.50. The van der Waals surface area contributed by atoms with Crippen LogP contribution in [0.5, 0.6) is 0 Å². The number of hydrogen-bond acceptors (Lipinski definition) is 7. The van der Waals surface area contributed by atoms with E-state index in [4.69, 9.17) is 5.73 Å². The molecule has 4 aromatic rings. The van der Waals surface area contributed by atoms with Crippen molar-refractivity contribution in [2.24, 2.45) is 0 Å². The van der Waals surface area contributed by atoms with E-state index in [9.17, 15) is 0 Å². The summed E-state index contributed by atoms with van der Waals surface area (Å²) in [4.78, 5) is 16.9. The molecule has 6 nitrogen and oxygen atoms in total. The Morgan fingerprint density at radius 1 is 0.968 bits per heavy atom. The summed E-state index contributed by atoms with van der Waals surface area (Å²) in [6.07, 6.45) is 9.47. The standard InChI is InChI=1S/C24H26N6S/c1-16(17-7-8-26-23(13-17)30-9-3-2-4-10-30)29-22-12-20-11-18(5-6-19(20)14-27-22)21-15-28-24(25)31-21/h5-8,11-16H,2-4,9-10H2,1H3,(H2,25,28)(H,27,29). The maximum atomic E-state index is 5.80. The minimum absolute atomic E-state index is 0.126. The number of pyridine rings is 2. The van der Waals surface area contributed by atoms with Gasteiger partial charge in [0.1, 0.15) is 11.6 Å². The molecule has 0 spiro atoms. The van der Waals surface area contributed by atoms with E-state index in [1.54, 1.807) is 0 Å². The third-order valence-electron chi connectivity index (χ3n) is 5.84. The molecule has 1 fully saturated rings. The number of benzene rings is 1. The van der Waals surface area contributed by atoms with Gasteiger partial charge in [0.2, 0.25) is 0 Å². The molecule has 1 aromatic carbocycles. The minimum atomic E-state index is 0.126. The van der Waals surface area contributed by atoms with E-state index in [1.165, 1.54) is 36.2 Å². The van der Waals surface area contributed by atoms with Gasteiger partial charge in [0.15, 0.2) is 5.13 Å². The summed E-state index contributed by atoms with van der Waals surface area (Å²) >= 11 is 1.50. The first-order valence-electron chi connectivity index (χ1n) is 10.7. The van der Waals surface area contributed by atoms with E-state index in [2.05, 4.69) is 68.5 Å². The number of nitrogens with one attached hydrogen (secondary N) is 1. The summed E-state index contributed by atoms with van der Waals surface area (Å²) < 4.78 is 0. The van der Waals surface area contributed by atoms with E-state index in [1.807, 2.05) is 18.6 Å². The van der Waals surface area contributed by atoms with Crippen LogP contribution < -0.4 is 16.0 Å². The highest BCUT2D eigenvalue weighted by Crippen LogP contribution is 2.31. The average Bonchev–Trinajstić information content (AvgIpc) is 3.25. The van der Waals surface area contributed by atoms with Crippen molar-refractivity contribution in [3.05, 3.63) is 60.6 Å². The van der Waals surface area contributed by atoms with E-state index in [-0.39, 0.29) is 6.04 Å². The predicted molar refractivity (Wildman–Crippen MR) is 130 cm³/mol. The van der Waals surface area contributed by atoms with Gasteiger partial charge in [0.25, 0.3) is 0 Å². The molecule has 3 N–H and O–H groups in total. The fourth-order valence-electron chi connectivity index (χ4n) is 4.10. The molecule has 158 valence electrons. The summed E-state index contributed by atoms with van der Waals surface area (Å²) in [5.74, 6) is 1.93. The molecule has 0 saturated carbocycles. The van der Waals surface area contributed by atoms with Crippen LogP contribution in [-0.2, 0) is 0 Å². The Bertz CT molecular complexity index is 1200. The van der Waals surface area contributed by atoms with Crippen LogP contribution in [0.1, 0.15) is 37.8 Å². The lowest BCUT2D eigenvalue weighted by atomic mass is 10.1. The Morgan fingerprint density at radius 2 is 1.84 bits per heavy atom.